The fourth-order valence-corrected chi connectivity index (χ4v) is 5.30. The Morgan fingerprint density at radius 3 is 1.35 bits per heavy atom. The zero-order valence-corrected chi connectivity index (χ0v) is 21.5. The summed E-state index contributed by atoms with van der Waals surface area (Å²) >= 11 is 0. The first-order chi connectivity index (χ1) is 19.2. The second-order valence-corrected chi connectivity index (χ2v) is 10.3. The van der Waals surface area contributed by atoms with Crippen molar-refractivity contribution in [3.8, 4) is 34.8 Å². The number of benzene rings is 2. The highest BCUT2D eigenvalue weighted by atomic mass is 16.5. The van der Waals surface area contributed by atoms with E-state index in [0.29, 0.717) is 11.1 Å². The largest absolute Gasteiger partial charge is 0.394 e. The number of aliphatic hydroxyl groups is 8. The fourth-order valence-electron chi connectivity index (χ4n) is 5.30. The highest BCUT2D eigenvalue weighted by Gasteiger charge is 2.43. The van der Waals surface area contributed by atoms with Gasteiger partial charge in [0.05, 0.1) is 13.2 Å². The van der Waals surface area contributed by atoms with Crippen LogP contribution in [0.5, 0.6) is 0 Å². The van der Waals surface area contributed by atoms with Gasteiger partial charge in [0.2, 0.25) is 0 Å². The van der Waals surface area contributed by atoms with Crippen molar-refractivity contribution in [2.75, 3.05) is 13.2 Å². The molecule has 10 heteroatoms. The SMILES string of the molecule is OCC1OC(C#Cc2ccc3c(c2)CCc2cc(C#CC4OC(CO)C(O)C(O)C4O)ccc2-3)C(O)C(O)C1O. The van der Waals surface area contributed by atoms with E-state index in [0.717, 1.165) is 35.1 Å². The van der Waals surface area contributed by atoms with Crippen molar-refractivity contribution < 1.29 is 50.3 Å². The standard InChI is InChI=1S/C30H32O10/c31-13-23-27(35)29(37)25(33)21(39-23)9-3-15-1-7-19-17(11-15)5-6-18-12-16(2-8-20(18)19)4-10-22-26(34)30(38)28(36)24(14-32)40-22/h1-2,7-8,11-12,21-38H,5-6,13-14H2. The molecule has 2 fully saturated rings. The summed E-state index contributed by atoms with van der Waals surface area (Å²) in [6.07, 6.45) is -11.3. The van der Waals surface area contributed by atoms with Crippen LogP contribution in [0.2, 0.25) is 0 Å². The first-order valence-electron chi connectivity index (χ1n) is 13.1. The number of hydrogen-bond donors (Lipinski definition) is 8. The molecule has 2 aromatic rings. The van der Waals surface area contributed by atoms with Crippen LogP contribution in [0.4, 0.5) is 0 Å². The molecule has 212 valence electrons. The number of fused-ring (bicyclic) bond motifs is 3. The van der Waals surface area contributed by atoms with Gasteiger partial charge in [-0.1, -0.05) is 35.8 Å². The molecule has 5 rings (SSSR count). The Labute approximate surface area is 231 Å². The summed E-state index contributed by atoms with van der Waals surface area (Å²) in [5.74, 6) is 11.5. The maximum atomic E-state index is 10.2. The minimum atomic E-state index is -1.47. The Balaban J connectivity index is 1.32. The van der Waals surface area contributed by atoms with E-state index in [1.54, 1.807) is 0 Å². The lowest BCUT2D eigenvalue weighted by Crippen LogP contribution is -2.58. The van der Waals surface area contributed by atoms with E-state index < -0.39 is 74.3 Å². The van der Waals surface area contributed by atoms with Crippen LogP contribution < -0.4 is 0 Å². The van der Waals surface area contributed by atoms with Gasteiger partial charge in [-0.2, -0.15) is 0 Å². The molecule has 0 amide bonds. The molecule has 0 bridgehead atoms. The third kappa shape index (κ3) is 5.53. The average Bonchev–Trinajstić information content (AvgIpc) is 2.97. The van der Waals surface area contributed by atoms with Crippen LogP contribution in [-0.2, 0) is 22.3 Å². The van der Waals surface area contributed by atoms with Crippen LogP contribution in [0.1, 0.15) is 22.3 Å². The van der Waals surface area contributed by atoms with Gasteiger partial charge in [0.15, 0.2) is 0 Å². The minimum absolute atomic E-state index is 0.511. The first kappa shape index (κ1) is 28.7. The van der Waals surface area contributed by atoms with E-state index in [1.165, 1.54) is 0 Å². The molecular weight excluding hydrogens is 520 g/mol. The summed E-state index contributed by atoms with van der Waals surface area (Å²) < 4.78 is 10.9. The number of ether oxygens (including phenoxy) is 2. The van der Waals surface area contributed by atoms with E-state index in [2.05, 4.69) is 23.7 Å². The van der Waals surface area contributed by atoms with Gasteiger partial charge in [-0.3, -0.25) is 0 Å². The summed E-state index contributed by atoms with van der Waals surface area (Å²) in [4.78, 5) is 0. The zero-order valence-electron chi connectivity index (χ0n) is 21.5. The Morgan fingerprint density at radius 1 is 0.575 bits per heavy atom. The van der Waals surface area contributed by atoms with Gasteiger partial charge in [0, 0.05) is 11.1 Å². The second-order valence-electron chi connectivity index (χ2n) is 10.3. The van der Waals surface area contributed by atoms with Crippen molar-refractivity contribution in [2.45, 2.75) is 73.9 Å². The molecular formula is C30H32O10. The van der Waals surface area contributed by atoms with E-state index in [1.807, 2.05) is 36.4 Å². The van der Waals surface area contributed by atoms with Gasteiger partial charge in [0.1, 0.15) is 61.0 Å². The number of aryl methyl sites for hydroxylation is 2. The molecule has 2 saturated heterocycles. The maximum Gasteiger partial charge on any atom is 0.147 e. The van der Waals surface area contributed by atoms with Crippen molar-refractivity contribution in [2.24, 2.45) is 0 Å². The predicted octanol–water partition coefficient (Wildman–Crippen LogP) is -2.16. The van der Waals surface area contributed by atoms with E-state index in [4.69, 9.17) is 9.47 Å². The highest BCUT2D eigenvalue weighted by Crippen LogP contribution is 2.34. The second kappa shape index (κ2) is 12.0. The van der Waals surface area contributed by atoms with Crippen LogP contribution >= 0.6 is 0 Å². The van der Waals surface area contributed by atoms with Gasteiger partial charge >= 0.3 is 0 Å². The van der Waals surface area contributed by atoms with Crippen LogP contribution in [0.3, 0.4) is 0 Å². The van der Waals surface area contributed by atoms with Crippen LogP contribution in [0.25, 0.3) is 11.1 Å². The normalized spacial score (nSPS) is 34.9. The molecule has 40 heavy (non-hydrogen) atoms. The summed E-state index contributed by atoms with van der Waals surface area (Å²) in [5.41, 5.74) is 5.67. The predicted molar refractivity (Wildman–Crippen MR) is 141 cm³/mol. The summed E-state index contributed by atoms with van der Waals surface area (Å²) in [5, 5.41) is 79.0. The molecule has 2 aliphatic heterocycles. The monoisotopic (exact) mass is 552 g/mol. The van der Waals surface area contributed by atoms with Gasteiger partial charge in [0.25, 0.3) is 0 Å². The number of rotatable bonds is 2. The molecule has 0 aromatic heterocycles. The van der Waals surface area contributed by atoms with Crippen molar-refractivity contribution in [1.82, 2.24) is 0 Å². The molecule has 0 radical (unpaired) electrons. The smallest absolute Gasteiger partial charge is 0.147 e. The molecule has 1 aliphatic carbocycles. The molecule has 0 spiro atoms. The average molecular weight is 553 g/mol. The van der Waals surface area contributed by atoms with Crippen molar-refractivity contribution in [1.29, 1.82) is 0 Å². The molecule has 3 aliphatic rings. The van der Waals surface area contributed by atoms with Gasteiger partial charge in [-0.25, -0.2) is 0 Å². The number of aliphatic hydroxyl groups excluding tert-OH is 8. The van der Waals surface area contributed by atoms with Gasteiger partial charge in [-0.05, 0) is 59.4 Å². The van der Waals surface area contributed by atoms with E-state index >= 15 is 0 Å². The Hall–Kier alpha value is -2.84. The molecule has 8 N–H and O–H groups in total. The molecule has 10 nitrogen and oxygen atoms in total. The summed E-state index contributed by atoms with van der Waals surface area (Å²) in [6, 6.07) is 11.5. The van der Waals surface area contributed by atoms with Crippen molar-refractivity contribution in [3.05, 3.63) is 58.7 Å². The van der Waals surface area contributed by atoms with Crippen LogP contribution in [-0.4, -0.2) is 115 Å². The lowest BCUT2D eigenvalue weighted by Gasteiger charge is -2.37. The van der Waals surface area contributed by atoms with Crippen molar-refractivity contribution in [3.63, 3.8) is 0 Å². The Bertz CT molecular complexity index is 1250. The summed E-state index contributed by atoms with van der Waals surface area (Å²) in [6.45, 7) is -1.02. The third-order valence-corrected chi connectivity index (χ3v) is 7.67. The lowest BCUT2D eigenvalue weighted by molar-refractivity contribution is -0.214. The molecule has 2 aromatic carbocycles. The maximum absolute atomic E-state index is 10.2. The van der Waals surface area contributed by atoms with Gasteiger partial charge < -0.3 is 50.3 Å². The quantitative estimate of drug-likeness (QED) is 0.191. The van der Waals surface area contributed by atoms with Crippen molar-refractivity contribution >= 4 is 0 Å². The molecule has 0 saturated carbocycles. The zero-order chi connectivity index (χ0) is 28.6. The Morgan fingerprint density at radius 2 is 0.975 bits per heavy atom. The molecule has 10 atom stereocenters. The van der Waals surface area contributed by atoms with E-state index in [-0.39, 0.29) is 0 Å². The fraction of sp³-hybridized carbons (Fsp3) is 0.467. The lowest BCUT2D eigenvalue weighted by atomic mass is 9.84. The van der Waals surface area contributed by atoms with Gasteiger partial charge in [-0.15, -0.1) is 0 Å². The topological polar surface area (TPSA) is 180 Å². The minimum Gasteiger partial charge on any atom is -0.394 e. The van der Waals surface area contributed by atoms with Crippen LogP contribution in [0, 0.1) is 23.7 Å². The third-order valence-electron chi connectivity index (χ3n) is 7.67. The summed E-state index contributed by atoms with van der Waals surface area (Å²) in [7, 11) is 0. The number of hydrogen-bond acceptors (Lipinski definition) is 10. The molecule has 10 unspecified atom stereocenters. The van der Waals surface area contributed by atoms with Crippen LogP contribution in [0.15, 0.2) is 36.4 Å². The van der Waals surface area contributed by atoms with E-state index in [9.17, 15) is 40.9 Å². The first-order valence-corrected chi connectivity index (χ1v) is 13.1. The molecule has 2 heterocycles. The Kier molecular flexibility index (Phi) is 8.57. The highest BCUT2D eigenvalue weighted by molar-refractivity contribution is 5.74.